The van der Waals surface area contributed by atoms with Crippen LogP contribution in [0.15, 0.2) is 30.3 Å². The summed E-state index contributed by atoms with van der Waals surface area (Å²) in [7, 11) is 0. The summed E-state index contributed by atoms with van der Waals surface area (Å²) in [6, 6.07) is 10.6. The second-order valence-electron chi connectivity index (χ2n) is 8.25. The minimum atomic E-state index is -0.359. The lowest BCUT2D eigenvalue weighted by atomic mass is 9.90. The number of benzene rings is 1. The maximum Gasteiger partial charge on any atom is 0.0900 e. The number of fused-ring (bicyclic) bond motifs is 2. The van der Waals surface area contributed by atoms with Crippen LogP contribution in [0.3, 0.4) is 0 Å². The van der Waals surface area contributed by atoms with Gasteiger partial charge in [0.2, 0.25) is 0 Å². The first kappa shape index (κ1) is 17.3. The normalized spacial score (nSPS) is 30.8. The maximum atomic E-state index is 10.3. The van der Waals surface area contributed by atoms with Crippen LogP contribution in [0.1, 0.15) is 25.7 Å². The average molecular weight is 344 g/mol. The number of piperazine rings is 1. The van der Waals surface area contributed by atoms with Crippen molar-refractivity contribution in [2.75, 3.05) is 50.8 Å². The van der Waals surface area contributed by atoms with Gasteiger partial charge in [-0.15, -0.1) is 0 Å². The van der Waals surface area contributed by atoms with Gasteiger partial charge in [0.25, 0.3) is 0 Å². The molecule has 1 N–H and O–H groups in total. The lowest BCUT2D eigenvalue weighted by Crippen LogP contribution is -2.49. The molecular weight excluding hydrogens is 312 g/mol. The Labute approximate surface area is 151 Å². The Hall–Kier alpha value is -1.10. The predicted molar refractivity (Wildman–Crippen MR) is 101 cm³/mol. The SMILES string of the molecule is O[C@H](COC[C@H]1C[C@H]2CC[C@H]1C2)CN1CCN(c2ccccc2)CC1. The minimum Gasteiger partial charge on any atom is -0.389 e. The smallest absolute Gasteiger partial charge is 0.0900 e. The Bertz CT molecular complexity index is 530. The molecule has 25 heavy (non-hydrogen) atoms. The van der Waals surface area contributed by atoms with Crippen molar-refractivity contribution in [3.8, 4) is 0 Å². The van der Waals surface area contributed by atoms with Crippen molar-refractivity contribution in [2.45, 2.75) is 31.8 Å². The highest BCUT2D eigenvalue weighted by atomic mass is 16.5. The number of rotatable bonds is 7. The highest BCUT2D eigenvalue weighted by molar-refractivity contribution is 5.46. The first-order chi connectivity index (χ1) is 12.3. The molecule has 4 heteroatoms. The highest BCUT2D eigenvalue weighted by Gasteiger charge is 2.39. The quantitative estimate of drug-likeness (QED) is 0.825. The molecule has 0 radical (unpaired) electrons. The molecule has 0 spiro atoms. The first-order valence-corrected chi connectivity index (χ1v) is 10.1. The van der Waals surface area contributed by atoms with Crippen LogP contribution in [0, 0.1) is 17.8 Å². The maximum absolute atomic E-state index is 10.3. The Balaban J connectivity index is 1.13. The molecule has 2 aliphatic carbocycles. The third kappa shape index (κ3) is 4.36. The summed E-state index contributed by atoms with van der Waals surface area (Å²) in [5.41, 5.74) is 1.30. The highest BCUT2D eigenvalue weighted by Crippen LogP contribution is 2.48. The molecule has 4 atom stereocenters. The fourth-order valence-corrected chi connectivity index (χ4v) is 5.11. The van der Waals surface area contributed by atoms with Gasteiger partial charge in [0, 0.05) is 45.0 Å². The van der Waals surface area contributed by atoms with Crippen LogP contribution in [0.25, 0.3) is 0 Å². The fourth-order valence-electron chi connectivity index (χ4n) is 5.11. The molecule has 0 amide bonds. The summed E-state index contributed by atoms with van der Waals surface area (Å²) >= 11 is 0. The van der Waals surface area contributed by atoms with Gasteiger partial charge in [0.1, 0.15) is 0 Å². The molecule has 2 saturated carbocycles. The minimum absolute atomic E-state index is 0.359. The van der Waals surface area contributed by atoms with Crippen molar-refractivity contribution in [1.82, 2.24) is 4.90 Å². The zero-order valence-electron chi connectivity index (χ0n) is 15.2. The standard InChI is InChI=1S/C21H32N2O2/c24-21(16-25-15-19-13-17-6-7-18(19)12-17)14-22-8-10-23(11-9-22)20-4-2-1-3-5-20/h1-5,17-19,21,24H,6-16H2/t17-,18-,19+,21-/m0/s1. The molecule has 1 aromatic carbocycles. The molecule has 0 aromatic heterocycles. The summed E-state index contributed by atoms with van der Waals surface area (Å²) in [4.78, 5) is 4.79. The van der Waals surface area contributed by atoms with Crippen molar-refractivity contribution in [3.63, 3.8) is 0 Å². The molecule has 0 unspecified atom stereocenters. The molecule has 4 rings (SSSR count). The number of ether oxygens (including phenoxy) is 1. The largest absolute Gasteiger partial charge is 0.389 e. The fraction of sp³-hybridized carbons (Fsp3) is 0.714. The zero-order valence-corrected chi connectivity index (χ0v) is 15.2. The molecule has 1 aromatic rings. The molecule has 1 heterocycles. The third-order valence-corrected chi connectivity index (χ3v) is 6.49. The van der Waals surface area contributed by atoms with Gasteiger partial charge in [-0.25, -0.2) is 0 Å². The molecule has 2 bridgehead atoms. The van der Waals surface area contributed by atoms with Gasteiger partial charge in [-0.1, -0.05) is 24.6 Å². The molecule has 1 saturated heterocycles. The van der Waals surface area contributed by atoms with E-state index in [2.05, 4.69) is 40.1 Å². The van der Waals surface area contributed by atoms with Gasteiger partial charge >= 0.3 is 0 Å². The molecule has 138 valence electrons. The summed E-state index contributed by atoms with van der Waals surface area (Å²) in [6.45, 7) is 6.17. The van der Waals surface area contributed by atoms with Crippen molar-refractivity contribution >= 4 is 5.69 Å². The van der Waals surface area contributed by atoms with E-state index in [1.807, 2.05) is 0 Å². The lowest BCUT2D eigenvalue weighted by Gasteiger charge is -2.36. The van der Waals surface area contributed by atoms with E-state index in [1.165, 1.54) is 31.4 Å². The first-order valence-electron chi connectivity index (χ1n) is 10.1. The van der Waals surface area contributed by atoms with E-state index >= 15 is 0 Å². The van der Waals surface area contributed by atoms with Gasteiger partial charge in [-0.05, 0) is 49.1 Å². The van der Waals surface area contributed by atoms with Crippen molar-refractivity contribution in [2.24, 2.45) is 17.8 Å². The number of nitrogens with zero attached hydrogens (tertiary/aromatic N) is 2. The Morgan fingerprint density at radius 2 is 1.84 bits per heavy atom. The van der Waals surface area contributed by atoms with Crippen molar-refractivity contribution < 1.29 is 9.84 Å². The molecule has 4 nitrogen and oxygen atoms in total. The van der Waals surface area contributed by atoms with Crippen LogP contribution in [0.2, 0.25) is 0 Å². The monoisotopic (exact) mass is 344 g/mol. The number of aliphatic hydroxyl groups is 1. The topological polar surface area (TPSA) is 35.9 Å². The van der Waals surface area contributed by atoms with E-state index in [4.69, 9.17) is 4.74 Å². The second kappa shape index (κ2) is 8.07. The van der Waals surface area contributed by atoms with Gasteiger partial charge in [-0.3, -0.25) is 4.90 Å². The van der Waals surface area contributed by atoms with Gasteiger partial charge in [0.15, 0.2) is 0 Å². The zero-order chi connectivity index (χ0) is 17.1. The van der Waals surface area contributed by atoms with Gasteiger partial charge in [0.05, 0.1) is 12.7 Å². The molecule has 3 aliphatic rings. The van der Waals surface area contributed by atoms with Crippen LogP contribution >= 0.6 is 0 Å². The summed E-state index contributed by atoms with van der Waals surface area (Å²) in [5, 5.41) is 10.3. The predicted octanol–water partition coefficient (Wildman–Crippen LogP) is 2.62. The van der Waals surface area contributed by atoms with E-state index in [-0.39, 0.29) is 6.10 Å². The average Bonchev–Trinajstić information content (AvgIpc) is 3.26. The van der Waals surface area contributed by atoms with E-state index < -0.39 is 0 Å². The van der Waals surface area contributed by atoms with Crippen LogP contribution < -0.4 is 4.90 Å². The third-order valence-electron chi connectivity index (χ3n) is 6.49. The van der Waals surface area contributed by atoms with Crippen molar-refractivity contribution in [1.29, 1.82) is 0 Å². The van der Waals surface area contributed by atoms with E-state index in [0.29, 0.717) is 6.61 Å². The van der Waals surface area contributed by atoms with E-state index in [9.17, 15) is 5.11 Å². The van der Waals surface area contributed by atoms with Crippen molar-refractivity contribution in [3.05, 3.63) is 30.3 Å². The van der Waals surface area contributed by atoms with E-state index in [0.717, 1.165) is 57.1 Å². The van der Waals surface area contributed by atoms with E-state index in [1.54, 1.807) is 0 Å². The second-order valence-corrected chi connectivity index (χ2v) is 8.25. The van der Waals surface area contributed by atoms with Crippen LogP contribution in [0.5, 0.6) is 0 Å². The van der Waals surface area contributed by atoms with Crippen LogP contribution in [-0.2, 0) is 4.74 Å². The van der Waals surface area contributed by atoms with Crippen LogP contribution in [0.4, 0.5) is 5.69 Å². The Morgan fingerprint density at radius 3 is 2.52 bits per heavy atom. The summed E-state index contributed by atoms with van der Waals surface area (Å²) in [6.07, 6.45) is 5.29. The molecular formula is C21H32N2O2. The number of hydrogen-bond acceptors (Lipinski definition) is 4. The number of anilines is 1. The molecule has 1 aliphatic heterocycles. The Kier molecular flexibility index (Phi) is 5.59. The lowest BCUT2D eigenvalue weighted by molar-refractivity contribution is -0.00274. The van der Waals surface area contributed by atoms with Gasteiger partial charge in [-0.2, -0.15) is 0 Å². The van der Waals surface area contributed by atoms with Gasteiger partial charge < -0.3 is 14.7 Å². The summed E-state index contributed by atoms with van der Waals surface area (Å²) in [5.74, 6) is 2.65. The van der Waals surface area contributed by atoms with Crippen LogP contribution in [-0.4, -0.2) is 62.0 Å². The number of hydrogen-bond donors (Lipinski definition) is 1. The number of β-amino-alcohol motifs (C(OH)–C–C–N with tert-alkyl or cyclic N) is 1. The number of aliphatic hydroxyl groups excluding tert-OH is 1. The summed E-state index contributed by atoms with van der Waals surface area (Å²) < 4.78 is 5.88. The molecule has 3 fully saturated rings. The Morgan fingerprint density at radius 1 is 1.04 bits per heavy atom. The number of para-hydroxylation sites is 1.